The summed E-state index contributed by atoms with van der Waals surface area (Å²) in [5.41, 5.74) is 18.9. The number of carboxylic acid groups (broad SMARTS) is 1. The van der Waals surface area contributed by atoms with Crippen LogP contribution in [0.4, 0.5) is 66.5 Å². The number of carbonyl (C=O) groups excluding carboxylic acids is 6. The monoisotopic (exact) mass is 2060 g/mol. The number of ether oxygens (including phenoxy) is 4. The van der Waals surface area contributed by atoms with Crippen LogP contribution in [0.1, 0.15) is 303 Å². The van der Waals surface area contributed by atoms with Crippen LogP contribution in [-0.2, 0) is 99.9 Å². The van der Waals surface area contributed by atoms with Gasteiger partial charge in [-0.15, -0.1) is 0 Å². The van der Waals surface area contributed by atoms with Gasteiger partial charge in [0.2, 0.25) is 11.8 Å². The molecule has 5 spiro atoms. The van der Waals surface area contributed by atoms with Crippen molar-refractivity contribution in [3.8, 4) is 12.1 Å². The second-order valence-electron chi connectivity index (χ2n) is 45.7. The summed E-state index contributed by atoms with van der Waals surface area (Å²) in [4.78, 5) is 114. The van der Waals surface area contributed by atoms with Gasteiger partial charge >= 0.3 is 48.5 Å². The van der Waals surface area contributed by atoms with Crippen LogP contribution in [0.15, 0.2) is 138 Å². The molecule has 25 rings (SSSR count). The van der Waals surface area contributed by atoms with Crippen LogP contribution < -0.4 is 49.9 Å². The molecule has 32 heteroatoms. The van der Waals surface area contributed by atoms with Gasteiger partial charge in [0.25, 0.3) is 0 Å². The fourth-order valence-electron chi connectivity index (χ4n) is 22.9. The number of amides is 5. The summed E-state index contributed by atoms with van der Waals surface area (Å²) in [7, 11) is 0. The minimum Gasteiger partial charge on any atom is -0.870 e. The predicted octanol–water partition coefficient (Wildman–Crippen LogP) is 21.2. The molecule has 6 N–H and O–H groups in total. The van der Waals surface area contributed by atoms with Crippen molar-refractivity contribution in [1.29, 1.82) is 10.5 Å². The fourth-order valence-corrected chi connectivity index (χ4v) is 23.3. The number of nitrogens with one attached hydrogen (secondary N) is 2. The number of nitrogens with zero attached hydrogens (tertiary/aromatic N) is 10. The van der Waals surface area contributed by atoms with Crippen molar-refractivity contribution < 1.29 is 95.1 Å². The van der Waals surface area contributed by atoms with Gasteiger partial charge in [-0.1, -0.05) is 12.1 Å². The van der Waals surface area contributed by atoms with E-state index in [2.05, 4.69) is 66.6 Å². The molecule has 8 heterocycles. The smallest absolute Gasteiger partial charge is 0.870 e. The molecule has 17 aliphatic rings. The molecule has 5 aromatic heterocycles. The zero-order chi connectivity index (χ0) is 101. The van der Waals surface area contributed by atoms with Gasteiger partial charge in [-0.25, -0.2) is 37.3 Å². The first kappa shape index (κ1) is 107. The Hall–Kier alpha value is -11.0. The number of nitrogen functional groups attached to an aromatic ring is 1. The molecule has 0 radical (unpaired) electrons. The van der Waals surface area contributed by atoms with E-state index in [1.807, 2.05) is 84.0 Å². The van der Waals surface area contributed by atoms with Gasteiger partial charge in [0.05, 0.1) is 79.9 Å². The molecule has 14 aliphatic carbocycles. The summed E-state index contributed by atoms with van der Waals surface area (Å²) in [6.07, 6.45) is 39.1. The third kappa shape index (κ3) is 25.0. The van der Waals surface area contributed by atoms with Crippen molar-refractivity contribution >= 4 is 103 Å². The van der Waals surface area contributed by atoms with Crippen molar-refractivity contribution in [2.75, 3.05) is 50.7 Å². The number of fused-ring (bicyclic) bond motifs is 5. The number of hydrogen-bond donors (Lipinski definition) is 4. The van der Waals surface area contributed by atoms with Crippen LogP contribution in [0.3, 0.4) is 0 Å². The van der Waals surface area contributed by atoms with E-state index >= 15 is 0 Å². The van der Waals surface area contributed by atoms with Crippen molar-refractivity contribution in [3.63, 3.8) is 0 Å². The Labute approximate surface area is 872 Å². The third-order valence-electron chi connectivity index (χ3n) is 31.7. The molecule has 3 aliphatic heterocycles. The molecular weight excluding hydrogens is 1930 g/mol. The number of aromatic nitrogens is 5. The molecule has 145 heavy (non-hydrogen) atoms. The Morgan fingerprint density at radius 3 is 1.14 bits per heavy atom. The van der Waals surface area contributed by atoms with E-state index in [9.17, 15) is 57.1 Å². The summed E-state index contributed by atoms with van der Waals surface area (Å²) in [5, 5.41) is 33.8. The summed E-state index contributed by atoms with van der Waals surface area (Å²) in [6.45, 7) is 13.2. The summed E-state index contributed by atoms with van der Waals surface area (Å²) in [6, 6.07) is 42.2. The number of nitrogens with two attached hydrogens (primary N) is 1. The van der Waals surface area contributed by atoms with Gasteiger partial charge in [-0.05, 0) is 461 Å². The standard InChI is InChI=1S/C25H26FN3O3.C22H23FN2O.C20H25N3O2.C16H19NO2.C13H17BrN2O2.C7H9N.C6H6FN.C4H5ClO2.Li.H2O/c26-16-3-5-17(6-4-16)27-22(30)25(14-24(15-25)11-12-24)21-10-9-20-19(28-21)2-1-13-29(20)23(31)32-18-7-8-18;23-16-6-8-17(9-7-16)24-20(26)22(13-21(14-22)11-12-21)19-10-5-15-3-1-2-4-18(15)25-19;1-18(2,3)25-17(24)23-10-4-5-14-15(23)6-7-16(22-14)20(13-21)11-19(12-20)8-9-19;18-14(19)16(9-15(10-16)7-8-15)13-6-5-11-3-1-2-4-12(11)17-13;1-13(2,3)18-12(17)16-8-4-5-9-10(16)6-7-11(14)15-9;8-5-6-3-7(4-6)1-2-7;7-5-1-3-6(8)4-2-5;5-4(6)7-3-1-2-3;;/h3-6,9-10,18H,1-2,7-8,11-15H2,(H,27,30);5-10H,1-4,11-14H2,(H,24,26);6-7H,4-5,8-12H2,1-3H3;5-6H,1-4,7-10H2,(H,18,19);6-7H,4-5,8H2,1-3H3;6H,1-4H2;1-4H,8H2;3H,1-2H2;;1H2/q;;;;;;;;+1;/p-1. The van der Waals surface area contributed by atoms with Crippen LogP contribution in [0.2, 0.25) is 0 Å². The first-order chi connectivity index (χ1) is 68.2. The van der Waals surface area contributed by atoms with Crippen LogP contribution in [0.5, 0.6) is 0 Å². The quantitative estimate of drug-likeness (QED) is 0.0307. The Balaban J connectivity index is 0.000000123. The molecule has 0 bridgehead atoms. The van der Waals surface area contributed by atoms with Crippen molar-refractivity contribution in [1.82, 2.24) is 24.9 Å². The maximum absolute atomic E-state index is 13.5. The number of halogens is 5. The van der Waals surface area contributed by atoms with Crippen LogP contribution in [0, 0.1) is 73.1 Å². The van der Waals surface area contributed by atoms with Crippen LogP contribution in [-0.4, -0.2) is 120 Å². The first-order valence-electron chi connectivity index (χ1n) is 51.4. The van der Waals surface area contributed by atoms with Gasteiger partial charge in [0.1, 0.15) is 56.3 Å². The topological polar surface area (TPSA) is 378 Å². The number of aliphatic carboxylic acids is 1. The Kier molecular flexibility index (Phi) is 31.4. The third-order valence-corrected chi connectivity index (χ3v) is 32.3. The van der Waals surface area contributed by atoms with Crippen molar-refractivity contribution in [2.45, 2.75) is 331 Å². The average molecular weight is 2060 g/mol. The summed E-state index contributed by atoms with van der Waals surface area (Å²) >= 11 is 8.20. The Morgan fingerprint density at radius 2 is 0.772 bits per heavy atom. The minimum absolute atomic E-state index is 0. The molecule has 12 saturated carbocycles. The van der Waals surface area contributed by atoms with Gasteiger partial charge in [0.15, 0.2) is 0 Å². The zero-order valence-corrected chi connectivity index (χ0v) is 86.6. The molecule has 12 fully saturated rings. The van der Waals surface area contributed by atoms with E-state index in [-0.39, 0.29) is 89.5 Å². The van der Waals surface area contributed by atoms with Crippen molar-refractivity contribution in [3.05, 3.63) is 218 Å². The van der Waals surface area contributed by atoms with E-state index < -0.39 is 44.3 Å². The van der Waals surface area contributed by atoms with E-state index in [1.54, 1.807) is 39.0 Å². The Bertz CT molecular complexity index is 6200. The number of hydrogen-bond acceptors (Lipinski definition) is 20. The van der Waals surface area contributed by atoms with Gasteiger partial charge in [-0.3, -0.25) is 49.0 Å². The van der Waals surface area contributed by atoms with E-state index in [1.165, 1.54) is 155 Å². The number of rotatable bonds is 11. The SMILES string of the molecule is CC(C)(C)OC(=O)N1CCCc2nc(Br)ccc21.CC(C)(C)OC(=O)N1CCCc2nc(C3(C#N)CC4(CC4)C3)ccc21.N#CC1CC2(CC2)C1.Nc1ccc(F)cc1.O=C(Cl)OC1CC1.O=C(Nc1ccc(F)cc1)C1(c2ccc3c(n2)CCCC3)CC2(CC2)C1.O=C(O)C1(c2ccc3c(n2)CCCC3)CC2(CC2)C1.O=C(OC1CC1)N1CCCc2nc(C3(C(=O)Nc4ccc(F)cc4)CC4(CC4)C3)ccc21.[Li+].[OH-]. The molecule has 3 aromatic carbocycles. The van der Waals surface area contributed by atoms with E-state index in [0.717, 1.165) is 227 Å². The molecule has 5 amide bonds. The average Bonchev–Trinajstić information content (AvgIpc) is 1.55. The molecule has 8 aromatic rings. The van der Waals surface area contributed by atoms with Gasteiger partial charge in [0, 0.05) is 65.6 Å². The van der Waals surface area contributed by atoms with Crippen molar-refractivity contribution in [2.24, 2.45) is 33.0 Å². The van der Waals surface area contributed by atoms with Gasteiger partial charge in [-0.2, -0.15) is 10.5 Å². The molecule has 0 unspecified atom stereocenters. The first-order valence-corrected chi connectivity index (χ1v) is 52.6. The molecule has 0 saturated heterocycles. The number of aryl methyl sites for hydroxylation is 7. The number of pyridine rings is 5. The fraction of sp³-hybridized carbons (Fsp3) is 0.540. The molecule has 0 atom stereocenters. The van der Waals surface area contributed by atoms with E-state index in [4.69, 9.17) is 56.7 Å². The number of benzene rings is 3. The minimum atomic E-state index is -0.684. The van der Waals surface area contributed by atoms with Crippen LogP contribution in [0.25, 0.3) is 0 Å². The second kappa shape index (κ2) is 42.7. The maximum atomic E-state index is 13.5. The maximum Gasteiger partial charge on any atom is 1.00 e. The molecule has 762 valence electrons. The normalized spacial score (nSPS) is 23.3. The second-order valence-corrected chi connectivity index (χ2v) is 46.8. The summed E-state index contributed by atoms with van der Waals surface area (Å²) < 4.78 is 60.2. The number of carboxylic acids is 1. The molecule has 26 nitrogen and oxygen atoms in total. The number of nitriles is 2. The largest absolute Gasteiger partial charge is 1.00 e. The zero-order valence-electron chi connectivity index (χ0n) is 84.2. The number of anilines is 6. The summed E-state index contributed by atoms with van der Waals surface area (Å²) in [5.74, 6) is -1.21. The predicted molar refractivity (Wildman–Crippen MR) is 543 cm³/mol. The van der Waals surface area contributed by atoms with Crippen LogP contribution >= 0.6 is 27.5 Å². The number of carbonyl (C=O) groups is 7. The van der Waals surface area contributed by atoms with E-state index in [0.29, 0.717) is 58.9 Å². The Morgan fingerprint density at radius 1 is 0.434 bits per heavy atom. The van der Waals surface area contributed by atoms with Gasteiger partial charge < -0.3 is 45.9 Å². The molecular formula is C113H131BrClF3LiN13O13.